The molecule has 0 spiro atoms. The molecule has 5 rings (SSSR count). The molecule has 8 nitrogen and oxygen atoms in total. The van der Waals surface area contributed by atoms with Crippen LogP contribution in [0.5, 0.6) is 11.5 Å². The van der Waals surface area contributed by atoms with Crippen LogP contribution in [0.3, 0.4) is 0 Å². The first kappa shape index (κ1) is 25.0. The molecule has 188 valence electrons. The molecular weight excluding hydrogens is 535 g/mol. The summed E-state index contributed by atoms with van der Waals surface area (Å²) in [5, 5.41) is 19.2. The van der Waals surface area contributed by atoms with Gasteiger partial charge in [0.15, 0.2) is 11.5 Å². The minimum atomic E-state index is -0.486. The minimum Gasteiger partial charge on any atom is -0.454 e. The van der Waals surface area contributed by atoms with Gasteiger partial charge < -0.3 is 9.47 Å². The molecule has 1 aromatic heterocycles. The standard InChI is InChI=1S/C26H20Cl2N4O4S/c1-15(2)16-3-6-19(7-4-16)30-26-31(23(13-37-26)20-8-5-18(27)10-21(20)28)29-12-17-9-24-25(36-14-35-24)11-22(17)32(33)34/h3-13,15H,14H2,1-2H3. The molecule has 0 saturated carbocycles. The van der Waals surface area contributed by atoms with E-state index in [1.807, 2.05) is 29.6 Å². The average molecular weight is 555 g/mol. The molecular formula is C26H20Cl2N4O4S. The van der Waals surface area contributed by atoms with Crippen LogP contribution in [-0.2, 0) is 0 Å². The van der Waals surface area contributed by atoms with Crippen LogP contribution in [-0.4, -0.2) is 22.6 Å². The largest absolute Gasteiger partial charge is 0.454 e. The van der Waals surface area contributed by atoms with E-state index < -0.39 is 4.92 Å². The Labute approximate surface area is 226 Å². The number of aromatic nitrogens is 1. The first-order chi connectivity index (χ1) is 17.8. The highest BCUT2D eigenvalue weighted by Crippen LogP contribution is 2.37. The first-order valence-electron chi connectivity index (χ1n) is 11.2. The van der Waals surface area contributed by atoms with Crippen molar-refractivity contribution in [2.45, 2.75) is 19.8 Å². The maximum Gasteiger partial charge on any atom is 0.282 e. The second kappa shape index (κ2) is 10.4. The van der Waals surface area contributed by atoms with Crippen molar-refractivity contribution in [3.63, 3.8) is 0 Å². The summed E-state index contributed by atoms with van der Waals surface area (Å²) in [7, 11) is 0. The summed E-state index contributed by atoms with van der Waals surface area (Å²) >= 11 is 14.0. The average Bonchev–Trinajstić information content (AvgIpc) is 3.48. The van der Waals surface area contributed by atoms with Gasteiger partial charge in [0, 0.05) is 16.0 Å². The van der Waals surface area contributed by atoms with Gasteiger partial charge in [-0.2, -0.15) is 5.10 Å². The molecule has 0 N–H and O–H groups in total. The zero-order chi connectivity index (χ0) is 26.1. The number of hydrogen-bond acceptors (Lipinski definition) is 7. The van der Waals surface area contributed by atoms with Crippen molar-refractivity contribution < 1.29 is 14.4 Å². The summed E-state index contributed by atoms with van der Waals surface area (Å²) in [5.41, 5.74) is 3.41. The predicted molar refractivity (Wildman–Crippen MR) is 146 cm³/mol. The van der Waals surface area contributed by atoms with E-state index >= 15 is 0 Å². The van der Waals surface area contributed by atoms with Gasteiger partial charge in [0.2, 0.25) is 11.6 Å². The predicted octanol–water partition coefficient (Wildman–Crippen LogP) is 7.40. The SMILES string of the molecule is CC(C)c1ccc(N=c2scc(-c3ccc(Cl)cc3Cl)n2N=Cc2cc3c(cc2[N+](=O)[O-])OCO3)cc1. The number of nitrogens with zero attached hydrogens (tertiary/aromatic N) is 4. The molecule has 1 aliphatic rings. The number of halogens is 2. The van der Waals surface area contributed by atoms with E-state index in [-0.39, 0.29) is 18.0 Å². The Balaban J connectivity index is 1.65. The van der Waals surface area contributed by atoms with Gasteiger partial charge in [-0.3, -0.25) is 10.1 Å². The molecule has 0 aliphatic carbocycles. The van der Waals surface area contributed by atoms with E-state index in [9.17, 15) is 10.1 Å². The van der Waals surface area contributed by atoms with E-state index in [1.165, 1.54) is 35.2 Å². The molecule has 4 aromatic rings. The molecule has 0 bridgehead atoms. The molecule has 0 atom stereocenters. The van der Waals surface area contributed by atoms with Gasteiger partial charge in [0.25, 0.3) is 5.69 Å². The monoisotopic (exact) mass is 554 g/mol. The van der Waals surface area contributed by atoms with Gasteiger partial charge in [0.05, 0.1) is 39.2 Å². The number of nitro groups is 1. The molecule has 1 aliphatic heterocycles. The Morgan fingerprint density at radius 1 is 1.08 bits per heavy atom. The molecule has 0 fully saturated rings. The van der Waals surface area contributed by atoms with Crippen LogP contribution in [0, 0.1) is 10.1 Å². The van der Waals surface area contributed by atoms with Crippen LogP contribution < -0.4 is 14.3 Å². The Morgan fingerprint density at radius 2 is 1.81 bits per heavy atom. The van der Waals surface area contributed by atoms with E-state index in [0.717, 1.165) is 5.69 Å². The summed E-state index contributed by atoms with van der Waals surface area (Å²) in [5.74, 6) is 1.14. The summed E-state index contributed by atoms with van der Waals surface area (Å²) < 4.78 is 12.3. The highest BCUT2D eigenvalue weighted by Gasteiger charge is 2.23. The lowest BCUT2D eigenvalue weighted by molar-refractivity contribution is -0.385. The zero-order valence-corrected chi connectivity index (χ0v) is 22.0. The molecule has 37 heavy (non-hydrogen) atoms. The number of rotatable bonds is 6. The highest BCUT2D eigenvalue weighted by atomic mass is 35.5. The number of fused-ring (bicyclic) bond motifs is 1. The van der Waals surface area contributed by atoms with Crippen LogP contribution in [0.4, 0.5) is 11.4 Å². The van der Waals surface area contributed by atoms with Gasteiger partial charge >= 0.3 is 0 Å². The summed E-state index contributed by atoms with van der Waals surface area (Å²) in [6.07, 6.45) is 1.40. The number of ether oxygens (including phenoxy) is 2. The second-order valence-corrected chi connectivity index (χ2v) is 10.1. The Hall–Kier alpha value is -3.66. The molecule has 2 heterocycles. The van der Waals surface area contributed by atoms with Gasteiger partial charge in [-0.05, 0) is 47.9 Å². The Kier molecular flexibility index (Phi) is 7.01. The summed E-state index contributed by atoms with van der Waals surface area (Å²) in [4.78, 5) is 16.6. The van der Waals surface area contributed by atoms with Crippen molar-refractivity contribution in [1.82, 2.24) is 4.68 Å². The highest BCUT2D eigenvalue weighted by molar-refractivity contribution is 7.07. The van der Waals surface area contributed by atoms with E-state index in [2.05, 4.69) is 18.9 Å². The molecule has 3 aromatic carbocycles. The van der Waals surface area contributed by atoms with E-state index in [0.29, 0.717) is 43.5 Å². The molecule has 0 radical (unpaired) electrons. The van der Waals surface area contributed by atoms with Crippen LogP contribution in [0.1, 0.15) is 30.9 Å². The fraction of sp³-hybridized carbons (Fsp3) is 0.154. The summed E-state index contributed by atoms with van der Waals surface area (Å²) in [6, 6.07) is 16.0. The van der Waals surface area contributed by atoms with Crippen LogP contribution in [0.25, 0.3) is 11.3 Å². The molecule has 0 saturated heterocycles. The van der Waals surface area contributed by atoms with Gasteiger partial charge in [-0.15, -0.1) is 11.3 Å². The fourth-order valence-corrected chi connectivity index (χ4v) is 5.10. The van der Waals surface area contributed by atoms with Crippen molar-refractivity contribution >= 4 is 52.1 Å². The second-order valence-electron chi connectivity index (χ2n) is 8.46. The van der Waals surface area contributed by atoms with Crippen LogP contribution in [0.15, 0.2) is 70.1 Å². The van der Waals surface area contributed by atoms with Gasteiger partial charge in [0.1, 0.15) is 0 Å². The lowest BCUT2D eigenvalue weighted by Gasteiger charge is -2.07. The van der Waals surface area contributed by atoms with Crippen molar-refractivity contribution in [2.75, 3.05) is 6.79 Å². The maximum absolute atomic E-state index is 11.7. The Morgan fingerprint density at radius 3 is 2.49 bits per heavy atom. The normalized spacial score (nSPS) is 13.2. The van der Waals surface area contributed by atoms with Crippen LogP contribution >= 0.6 is 34.5 Å². The number of benzene rings is 3. The van der Waals surface area contributed by atoms with Crippen molar-refractivity contribution in [3.05, 3.63) is 96.1 Å². The lowest BCUT2D eigenvalue weighted by atomic mass is 10.0. The number of thiazole rings is 1. The van der Waals surface area contributed by atoms with E-state index in [1.54, 1.807) is 22.9 Å². The lowest BCUT2D eigenvalue weighted by Crippen LogP contribution is -2.12. The van der Waals surface area contributed by atoms with Crippen molar-refractivity contribution in [3.8, 4) is 22.8 Å². The number of nitro benzene ring substituents is 1. The van der Waals surface area contributed by atoms with E-state index in [4.69, 9.17) is 37.7 Å². The zero-order valence-electron chi connectivity index (χ0n) is 19.7. The first-order valence-corrected chi connectivity index (χ1v) is 12.9. The Bertz CT molecular complexity index is 1590. The third-order valence-corrected chi connectivity index (χ3v) is 7.07. The quantitative estimate of drug-likeness (QED) is 0.141. The van der Waals surface area contributed by atoms with Crippen molar-refractivity contribution in [2.24, 2.45) is 10.1 Å². The minimum absolute atomic E-state index is 0.00417. The maximum atomic E-state index is 11.7. The topological polar surface area (TPSA) is 91.2 Å². The van der Waals surface area contributed by atoms with Gasteiger partial charge in [-0.1, -0.05) is 49.2 Å². The molecule has 0 amide bonds. The summed E-state index contributed by atoms with van der Waals surface area (Å²) in [6.45, 7) is 4.27. The number of hydrogen-bond donors (Lipinski definition) is 0. The third-order valence-electron chi connectivity index (χ3n) is 5.71. The van der Waals surface area contributed by atoms with Crippen molar-refractivity contribution in [1.29, 1.82) is 0 Å². The molecule has 11 heteroatoms. The molecule has 0 unspecified atom stereocenters. The fourth-order valence-electron chi connectivity index (χ4n) is 3.74. The smallest absolute Gasteiger partial charge is 0.282 e. The van der Waals surface area contributed by atoms with Gasteiger partial charge in [-0.25, -0.2) is 9.67 Å². The third kappa shape index (κ3) is 5.24. The van der Waals surface area contributed by atoms with Crippen LogP contribution in [0.2, 0.25) is 10.0 Å².